The van der Waals surface area contributed by atoms with Gasteiger partial charge >= 0.3 is 11.8 Å². The number of hydrogen-bond donors (Lipinski definition) is 1. The van der Waals surface area contributed by atoms with Gasteiger partial charge < -0.3 is 19.9 Å². The lowest BCUT2D eigenvalue weighted by molar-refractivity contribution is 0.0144. The molecule has 0 spiro atoms. The number of carbonyl (C=O) groups is 1. The third-order valence-electron chi connectivity index (χ3n) is 6.66. The van der Waals surface area contributed by atoms with E-state index >= 15 is 0 Å². The maximum absolute atomic E-state index is 13.5. The highest BCUT2D eigenvalue weighted by Gasteiger charge is 2.35. The van der Waals surface area contributed by atoms with Gasteiger partial charge in [0.05, 0.1) is 24.2 Å². The van der Waals surface area contributed by atoms with Crippen LogP contribution in [0.4, 0.5) is 10.6 Å². The Morgan fingerprint density at radius 1 is 1.28 bits per heavy atom. The van der Waals surface area contributed by atoms with E-state index in [0.29, 0.717) is 32.0 Å². The second-order valence-electron chi connectivity index (χ2n) is 10.8. The lowest BCUT2D eigenvalue weighted by Gasteiger charge is -2.42. The predicted octanol–water partition coefficient (Wildman–Crippen LogP) is 3.34. The van der Waals surface area contributed by atoms with Crippen LogP contribution in [0.2, 0.25) is 0 Å². The molecule has 0 aliphatic carbocycles. The number of ether oxygens (including phenoxy) is 1. The average Bonchev–Trinajstić information content (AvgIpc) is 2.82. The predicted molar refractivity (Wildman–Crippen MR) is 139 cm³/mol. The van der Waals surface area contributed by atoms with E-state index in [1.54, 1.807) is 9.47 Å². The molecular weight excluding hydrogens is 456 g/mol. The van der Waals surface area contributed by atoms with Crippen molar-refractivity contribution in [2.45, 2.75) is 71.6 Å². The molecule has 36 heavy (non-hydrogen) atoms. The van der Waals surface area contributed by atoms with Crippen LogP contribution in [0, 0.1) is 11.3 Å². The van der Waals surface area contributed by atoms with Gasteiger partial charge in [0.15, 0.2) is 0 Å². The van der Waals surface area contributed by atoms with Gasteiger partial charge in [-0.15, -0.1) is 0 Å². The van der Waals surface area contributed by atoms with Gasteiger partial charge in [-0.3, -0.25) is 4.57 Å². The molecule has 9 nitrogen and oxygen atoms in total. The molecule has 1 amide bonds. The molecule has 192 valence electrons. The number of aromatic nitrogens is 2. The highest BCUT2D eigenvalue weighted by atomic mass is 16.6. The van der Waals surface area contributed by atoms with Crippen LogP contribution in [-0.2, 0) is 17.7 Å². The summed E-state index contributed by atoms with van der Waals surface area (Å²) in [6.07, 6.45) is 0.511. The van der Waals surface area contributed by atoms with Crippen molar-refractivity contribution in [1.82, 2.24) is 19.8 Å². The summed E-state index contributed by atoms with van der Waals surface area (Å²) in [7, 11) is 0. The van der Waals surface area contributed by atoms with E-state index in [0.717, 1.165) is 35.5 Å². The van der Waals surface area contributed by atoms with E-state index in [1.807, 2.05) is 39.0 Å². The number of nitrogens with one attached hydrogen (secondary N) is 1. The molecule has 1 aromatic carbocycles. The fourth-order valence-corrected chi connectivity index (χ4v) is 5.03. The number of amides is 1. The van der Waals surface area contributed by atoms with Gasteiger partial charge in [-0.25, -0.2) is 9.59 Å². The van der Waals surface area contributed by atoms with Gasteiger partial charge in [0.1, 0.15) is 11.4 Å². The van der Waals surface area contributed by atoms with Crippen LogP contribution in [0.15, 0.2) is 29.1 Å². The zero-order chi connectivity index (χ0) is 26.0. The number of anilines is 1. The maximum Gasteiger partial charge on any atom is 0.410 e. The summed E-state index contributed by atoms with van der Waals surface area (Å²) < 4.78 is 7.34. The zero-order valence-corrected chi connectivity index (χ0v) is 21.9. The number of para-hydroxylation sites is 1. The van der Waals surface area contributed by atoms with Crippen molar-refractivity contribution >= 4 is 11.9 Å². The fourth-order valence-electron chi connectivity index (χ4n) is 5.03. The van der Waals surface area contributed by atoms with E-state index in [-0.39, 0.29) is 24.1 Å². The molecule has 3 heterocycles. The number of nitriles is 1. The summed E-state index contributed by atoms with van der Waals surface area (Å²) in [5, 5.41) is 12.9. The van der Waals surface area contributed by atoms with Crippen molar-refractivity contribution in [1.29, 1.82) is 5.26 Å². The van der Waals surface area contributed by atoms with Crippen LogP contribution in [0.25, 0.3) is 5.69 Å². The fraction of sp³-hybridized carbons (Fsp3) is 0.556. The number of benzene rings is 1. The highest BCUT2D eigenvalue weighted by molar-refractivity contribution is 5.69. The highest BCUT2D eigenvalue weighted by Crippen LogP contribution is 2.30. The van der Waals surface area contributed by atoms with Crippen molar-refractivity contribution in [3.05, 3.63) is 51.6 Å². The van der Waals surface area contributed by atoms with Gasteiger partial charge in [-0.2, -0.15) is 10.2 Å². The summed E-state index contributed by atoms with van der Waals surface area (Å²) in [5.41, 5.74) is 3.02. The van der Waals surface area contributed by atoms with Crippen LogP contribution < -0.4 is 15.9 Å². The SMILES string of the molecule is CC(C)c1ccccc1-n1c2c(c(N3CCN(C(=O)OC(C)(C)C)[C@@H](CC#N)C3)nc1=O)CCNC2. The Balaban J connectivity index is 1.72. The molecule has 0 unspecified atom stereocenters. The molecule has 1 N–H and O–H groups in total. The van der Waals surface area contributed by atoms with Crippen molar-refractivity contribution in [2.75, 3.05) is 31.1 Å². The van der Waals surface area contributed by atoms with Gasteiger partial charge in [-0.05, 0) is 51.3 Å². The Bertz CT molecular complexity index is 1220. The van der Waals surface area contributed by atoms with Crippen molar-refractivity contribution in [2.24, 2.45) is 0 Å². The number of piperazine rings is 1. The third kappa shape index (κ3) is 5.24. The molecule has 9 heteroatoms. The van der Waals surface area contributed by atoms with Crippen LogP contribution in [0.1, 0.15) is 63.8 Å². The van der Waals surface area contributed by atoms with E-state index in [4.69, 9.17) is 4.74 Å². The first-order valence-corrected chi connectivity index (χ1v) is 12.7. The lowest BCUT2D eigenvalue weighted by atomic mass is 9.99. The molecule has 0 radical (unpaired) electrons. The van der Waals surface area contributed by atoms with Crippen molar-refractivity contribution in [3.8, 4) is 11.8 Å². The summed E-state index contributed by atoms with van der Waals surface area (Å²) in [6, 6.07) is 9.85. The second kappa shape index (κ2) is 10.3. The van der Waals surface area contributed by atoms with Crippen LogP contribution in [0.3, 0.4) is 0 Å². The molecule has 2 aliphatic heterocycles. The van der Waals surface area contributed by atoms with Crippen LogP contribution >= 0.6 is 0 Å². The molecule has 0 bridgehead atoms. The maximum atomic E-state index is 13.5. The molecule has 1 atom stereocenters. The van der Waals surface area contributed by atoms with Gasteiger partial charge in [-0.1, -0.05) is 32.0 Å². The summed E-state index contributed by atoms with van der Waals surface area (Å²) in [4.78, 5) is 34.6. The topological polar surface area (TPSA) is 103 Å². The minimum Gasteiger partial charge on any atom is -0.444 e. The standard InChI is InChI=1S/C27H36N6O3/c1-18(2)20-8-6-7-9-22(20)33-23-16-29-13-11-21(23)24(30-25(33)34)31-14-15-32(19(17-31)10-12-28)26(35)36-27(3,4)5/h6-9,18-19,29H,10-11,13-17H2,1-5H3/t19-/m0/s1. The normalized spacial score (nSPS) is 18.1. The summed E-state index contributed by atoms with van der Waals surface area (Å²) in [5.74, 6) is 0.925. The number of fused-ring (bicyclic) bond motifs is 1. The first-order chi connectivity index (χ1) is 17.1. The molecule has 0 saturated carbocycles. The Kier molecular flexibility index (Phi) is 7.36. The molecule has 4 rings (SSSR count). The molecule has 1 aromatic heterocycles. The van der Waals surface area contributed by atoms with E-state index < -0.39 is 11.7 Å². The summed E-state index contributed by atoms with van der Waals surface area (Å²) in [6.45, 7) is 12.4. The van der Waals surface area contributed by atoms with Gasteiger partial charge in [0.2, 0.25) is 0 Å². The number of nitrogens with zero attached hydrogens (tertiary/aromatic N) is 5. The monoisotopic (exact) mass is 492 g/mol. The number of hydrogen-bond acceptors (Lipinski definition) is 7. The zero-order valence-electron chi connectivity index (χ0n) is 21.9. The second-order valence-corrected chi connectivity index (χ2v) is 10.8. The smallest absolute Gasteiger partial charge is 0.410 e. The number of rotatable bonds is 4. The first kappa shape index (κ1) is 25.7. The van der Waals surface area contributed by atoms with Crippen molar-refractivity contribution < 1.29 is 9.53 Å². The quantitative estimate of drug-likeness (QED) is 0.698. The van der Waals surface area contributed by atoms with E-state index in [1.165, 1.54) is 0 Å². The Morgan fingerprint density at radius 2 is 2.03 bits per heavy atom. The Labute approximate surface area is 212 Å². The average molecular weight is 493 g/mol. The lowest BCUT2D eigenvalue weighted by Crippen LogP contribution is -2.57. The first-order valence-electron chi connectivity index (χ1n) is 12.7. The molecule has 2 aliphatic rings. The molecular formula is C27H36N6O3. The molecule has 2 aromatic rings. The number of carbonyl (C=O) groups excluding carboxylic acids is 1. The third-order valence-corrected chi connectivity index (χ3v) is 6.66. The van der Waals surface area contributed by atoms with Gasteiger partial charge in [0, 0.05) is 37.4 Å². The van der Waals surface area contributed by atoms with E-state index in [2.05, 4.69) is 41.2 Å². The largest absolute Gasteiger partial charge is 0.444 e. The Hall–Kier alpha value is -3.38. The minimum atomic E-state index is -0.615. The van der Waals surface area contributed by atoms with E-state index in [9.17, 15) is 14.9 Å². The minimum absolute atomic E-state index is 0.179. The molecule has 1 saturated heterocycles. The Morgan fingerprint density at radius 3 is 2.72 bits per heavy atom. The van der Waals surface area contributed by atoms with Crippen LogP contribution in [0.5, 0.6) is 0 Å². The van der Waals surface area contributed by atoms with Gasteiger partial charge in [0.25, 0.3) is 0 Å². The molecule has 1 fully saturated rings. The summed E-state index contributed by atoms with van der Waals surface area (Å²) >= 11 is 0. The van der Waals surface area contributed by atoms with Crippen molar-refractivity contribution in [3.63, 3.8) is 0 Å². The van der Waals surface area contributed by atoms with Crippen LogP contribution in [-0.4, -0.2) is 58.4 Å².